The van der Waals surface area contributed by atoms with Crippen molar-refractivity contribution in [2.24, 2.45) is 0 Å². The lowest BCUT2D eigenvalue weighted by Crippen LogP contribution is -2.07. The van der Waals surface area contributed by atoms with Gasteiger partial charge in [-0.15, -0.1) is 0 Å². The van der Waals surface area contributed by atoms with Gasteiger partial charge in [-0.3, -0.25) is 0 Å². The van der Waals surface area contributed by atoms with Crippen molar-refractivity contribution in [2.45, 2.75) is 4.90 Å². The van der Waals surface area contributed by atoms with Gasteiger partial charge in [-0.2, -0.15) is 0 Å². The van der Waals surface area contributed by atoms with Crippen LogP contribution >= 0.6 is 0 Å². The van der Waals surface area contributed by atoms with E-state index in [0.717, 1.165) is 16.5 Å². The molecule has 0 spiro atoms. The third-order valence-corrected chi connectivity index (χ3v) is 4.45. The van der Waals surface area contributed by atoms with E-state index in [0.29, 0.717) is 10.6 Å². The molecule has 0 radical (unpaired) electrons. The highest BCUT2D eigenvalue weighted by Gasteiger charge is 2.15. The van der Waals surface area contributed by atoms with E-state index >= 15 is 0 Å². The van der Waals surface area contributed by atoms with Gasteiger partial charge in [0.15, 0.2) is 11.0 Å². The van der Waals surface area contributed by atoms with Gasteiger partial charge in [-0.1, -0.05) is 48.5 Å². The maximum absolute atomic E-state index is 12.7. The van der Waals surface area contributed by atoms with Crippen molar-refractivity contribution in [2.75, 3.05) is 11.8 Å². The number of benzene rings is 3. The first kappa shape index (κ1) is 13.6. The lowest BCUT2D eigenvalue weighted by Gasteiger charge is -2.13. The van der Waals surface area contributed by atoms with Gasteiger partial charge in [0, 0.05) is 11.1 Å². The molecule has 1 unspecified atom stereocenters. The average Bonchev–Trinajstić information content (AvgIpc) is 2.54. The van der Waals surface area contributed by atoms with E-state index in [2.05, 4.69) is 4.72 Å². The molecule has 3 aromatic carbocycles. The Morgan fingerprint density at radius 2 is 1.62 bits per heavy atom. The van der Waals surface area contributed by atoms with Crippen molar-refractivity contribution in [3.8, 4) is 5.75 Å². The summed E-state index contributed by atoms with van der Waals surface area (Å²) in [5.41, 5.74) is 0.811. The zero-order valence-electron chi connectivity index (χ0n) is 11.6. The molecule has 106 valence electrons. The van der Waals surface area contributed by atoms with Crippen molar-refractivity contribution in [3.05, 3.63) is 66.7 Å². The number of rotatable bonds is 4. The SMILES string of the molecule is COc1ccc2ccccc2c1S(=O)Nc1ccccc1. The van der Waals surface area contributed by atoms with E-state index in [1.807, 2.05) is 66.7 Å². The fourth-order valence-electron chi connectivity index (χ4n) is 2.24. The Kier molecular flexibility index (Phi) is 3.88. The molecule has 0 fully saturated rings. The Balaban J connectivity index is 2.07. The number of anilines is 1. The average molecular weight is 297 g/mol. The summed E-state index contributed by atoms with van der Waals surface area (Å²) in [6.45, 7) is 0. The van der Waals surface area contributed by atoms with Gasteiger partial charge < -0.3 is 9.46 Å². The molecule has 0 aliphatic rings. The van der Waals surface area contributed by atoms with Crippen molar-refractivity contribution < 1.29 is 8.95 Å². The summed E-state index contributed by atoms with van der Waals surface area (Å²) in [6.07, 6.45) is 0. The lowest BCUT2D eigenvalue weighted by molar-refractivity contribution is 0.405. The number of fused-ring (bicyclic) bond motifs is 1. The van der Waals surface area contributed by atoms with Gasteiger partial charge in [0.25, 0.3) is 0 Å². The molecular weight excluding hydrogens is 282 g/mol. The van der Waals surface area contributed by atoms with Crippen LogP contribution in [0.15, 0.2) is 71.6 Å². The normalized spacial score (nSPS) is 12.0. The fraction of sp³-hybridized carbons (Fsp3) is 0.0588. The first-order chi connectivity index (χ1) is 10.3. The number of methoxy groups -OCH3 is 1. The molecule has 0 aliphatic carbocycles. The summed E-state index contributed by atoms with van der Waals surface area (Å²) in [6, 6.07) is 21.2. The maximum atomic E-state index is 12.7. The zero-order chi connectivity index (χ0) is 14.7. The molecule has 0 bridgehead atoms. The number of hydrogen-bond acceptors (Lipinski definition) is 2. The van der Waals surface area contributed by atoms with Gasteiger partial charge in [0.1, 0.15) is 10.6 Å². The van der Waals surface area contributed by atoms with E-state index < -0.39 is 11.0 Å². The van der Waals surface area contributed by atoms with Crippen LogP contribution in [0.5, 0.6) is 5.75 Å². The standard InChI is InChI=1S/C17H15NO2S/c1-20-16-12-11-13-7-5-6-10-15(13)17(16)21(19)18-14-8-3-2-4-9-14/h2-12,18H,1H3. The van der Waals surface area contributed by atoms with Crippen LogP contribution in [0.25, 0.3) is 10.8 Å². The van der Waals surface area contributed by atoms with Crippen molar-refractivity contribution in [3.63, 3.8) is 0 Å². The monoisotopic (exact) mass is 297 g/mol. The Labute approximate surface area is 126 Å². The highest BCUT2D eigenvalue weighted by atomic mass is 32.2. The fourth-order valence-corrected chi connectivity index (χ4v) is 3.41. The van der Waals surface area contributed by atoms with Crippen LogP contribution in [0.2, 0.25) is 0 Å². The van der Waals surface area contributed by atoms with Crippen LogP contribution in [0.3, 0.4) is 0 Å². The molecule has 1 atom stereocenters. The van der Waals surface area contributed by atoms with E-state index in [9.17, 15) is 4.21 Å². The van der Waals surface area contributed by atoms with E-state index in [-0.39, 0.29) is 0 Å². The molecule has 3 aromatic rings. The first-order valence-electron chi connectivity index (χ1n) is 6.59. The molecule has 3 nitrogen and oxygen atoms in total. The predicted octanol–water partition coefficient (Wildman–Crippen LogP) is 3.98. The number of para-hydroxylation sites is 1. The molecule has 21 heavy (non-hydrogen) atoms. The van der Waals surface area contributed by atoms with Crippen LogP contribution in [-0.2, 0) is 11.0 Å². The molecule has 1 N–H and O–H groups in total. The topological polar surface area (TPSA) is 38.3 Å². The zero-order valence-corrected chi connectivity index (χ0v) is 12.4. The highest BCUT2D eigenvalue weighted by Crippen LogP contribution is 2.31. The van der Waals surface area contributed by atoms with Crippen LogP contribution in [0.1, 0.15) is 0 Å². The lowest BCUT2D eigenvalue weighted by atomic mass is 10.1. The third kappa shape index (κ3) is 2.76. The molecule has 0 aromatic heterocycles. The summed E-state index contributed by atoms with van der Waals surface area (Å²) < 4.78 is 21.1. The predicted molar refractivity (Wildman–Crippen MR) is 87.0 cm³/mol. The summed E-state index contributed by atoms with van der Waals surface area (Å²) in [4.78, 5) is 0.666. The van der Waals surface area contributed by atoms with Crippen LogP contribution in [-0.4, -0.2) is 11.3 Å². The summed E-state index contributed by atoms with van der Waals surface area (Å²) >= 11 is 0. The number of nitrogens with one attached hydrogen (secondary N) is 1. The molecule has 3 rings (SSSR count). The molecule has 0 heterocycles. The van der Waals surface area contributed by atoms with Gasteiger partial charge in [0.05, 0.1) is 7.11 Å². The second kappa shape index (κ2) is 5.97. The molecule has 0 saturated heterocycles. The first-order valence-corrected chi connectivity index (χ1v) is 7.74. The molecule has 0 amide bonds. The molecule has 0 saturated carbocycles. The molecule has 0 aliphatic heterocycles. The quantitative estimate of drug-likeness (QED) is 0.791. The van der Waals surface area contributed by atoms with Crippen LogP contribution in [0, 0.1) is 0 Å². The number of hydrogen-bond donors (Lipinski definition) is 1. The minimum atomic E-state index is -1.40. The van der Waals surface area contributed by atoms with E-state index in [1.165, 1.54) is 0 Å². The molecular formula is C17H15NO2S. The van der Waals surface area contributed by atoms with Gasteiger partial charge in [-0.25, -0.2) is 4.21 Å². The largest absolute Gasteiger partial charge is 0.495 e. The third-order valence-electron chi connectivity index (χ3n) is 3.23. The Hall–Kier alpha value is -2.33. The van der Waals surface area contributed by atoms with E-state index in [4.69, 9.17) is 4.74 Å². The smallest absolute Gasteiger partial charge is 0.154 e. The minimum absolute atomic E-state index is 0.621. The Bertz CT molecular complexity index is 787. The van der Waals surface area contributed by atoms with Crippen LogP contribution < -0.4 is 9.46 Å². The second-order valence-corrected chi connectivity index (χ2v) is 5.70. The second-order valence-electron chi connectivity index (χ2n) is 4.55. The molecule has 4 heteroatoms. The Morgan fingerprint density at radius 3 is 2.38 bits per heavy atom. The Morgan fingerprint density at radius 1 is 0.905 bits per heavy atom. The van der Waals surface area contributed by atoms with Gasteiger partial charge in [0.2, 0.25) is 0 Å². The highest BCUT2D eigenvalue weighted by molar-refractivity contribution is 7.86. The van der Waals surface area contributed by atoms with Crippen molar-refractivity contribution in [1.29, 1.82) is 0 Å². The van der Waals surface area contributed by atoms with Gasteiger partial charge in [-0.05, 0) is 23.6 Å². The maximum Gasteiger partial charge on any atom is 0.154 e. The number of ether oxygens (including phenoxy) is 1. The summed E-state index contributed by atoms with van der Waals surface area (Å²) in [7, 11) is 0.195. The van der Waals surface area contributed by atoms with Gasteiger partial charge >= 0.3 is 0 Å². The van der Waals surface area contributed by atoms with E-state index in [1.54, 1.807) is 7.11 Å². The van der Waals surface area contributed by atoms with Crippen LogP contribution in [0.4, 0.5) is 5.69 Å². The summed E-state index contributed by atoms with van der Waals surface area (Å²) in [5.74, 6) is 0.621. The summed E-state index contributed by atoms with van der Waals surface area (Å²) in [5, 5.41) is 1.97. The van der Waals surface area contributed by atoms with Crippen molar-refractivity contribution >= 4 is 27.4 Å². The minimum Gasteiger partial charge on any atom is -0.495 e. The van der Waals surface area contributed by atoms with Crippen molar-refractivity contribution in [1.82, 2.24) is 0 Å².